The van der Waals surface area contributed by atoms with Crippen LogP contribution in [0.15, 0.2) is 23.6 Å². The zero-order valence-electron chi connectivity index (χ0n) is 10.4. The van der Waals surface area contributed by atoms with Crippen LogP contribution in [0.1, 0.15) is 15.5 Å². The van der Waals surface area contributed by atoms with Gasteiger partial charge in [-0.15, -0.1) is 11.3 Å². The molecule has 0 spiro atoms. The minimum absolute atomic E-state index is 0.0769. The number of nitrogens with zero attached hydrogens (tertiary/aromatic N) is 1. The fourth-order valence-corrected chi connectivity index (χ4v) is 2.50. The van der Waals surface area contributed by atoms with E-state index >= 15 is 0 Å². The van der Waals surface area contributed by atoms with E-state index in [0.29, 0.717) is 30.3 Å². The molecule has 0 radical (unpaired) electrons. The van der Waals surface area contributed by atoms with Crippen molar-refractivity contribution in [3.05, 3.63) is 34.3 Å². The average molecular weight is 293 g/mol. The molecule has 0 amide bonds. The molecular weight excluding hydrogens is 282 g/mol. The fourth-order valence-electron chi connectivity index (χ4n) is 1.75. The molecule has 1 aromatic heterocycles. The summed E-state index contributed by atoms with van der Waals surface area (Å²) < 4.78 is 16.1. The number of hydrogen-bond acceptors (Lipinski definition) is 6. The van der Waals surface area contributed by atoms with E-state index in [0.717, 1.165) is 5.01 Å². The molecule has 2 heterocycles. The zero-order chi connectivity index (χ0) is 13.9. The second-order valence-electron chi connectivity index (χ2n) is 4.05. The van der Waals surface area contributed by atoms with Crippen LogP contribution in [0, 0.1) is 0 Å². The second kappa shape index (κ2) is 5.38. The lowest BCUT2D eigenvalue weighted by Gasteiger charge is -2.05. The van der Waals surface area contributed by atoms with Gasteiger partial charge in [0.25, 0.3) is 0 Å². The Morgan fingerprint density at radius 1 is 1.40 bits per heavy atom. The second-order valence-corrected chi connectivity index (χ2v) is 4.99. The number of hydrogen-bond donors (Lipinski definition) is 1. The first-order chi connectivity index (χ1) is 9.72. The minimum Gasteiger partial charge on any atom is -0.493 e. The van der Waals surface area contributed by atoms with E-state index in [2.05, 4.69) is 4.98 Å². The van der Waals surface area contributed by atoms with Crippen molar-refractivity contribution < 1.29 is 24.1 Å². The summed E-state index contributed by atoms with van der Waals surface area (Å²) in [5.74, 6) is 1.06. The normalized spacial score (nSPS) is 12.4. The van der Waals surface area contributed by atoms with Gasteiger partial charge >= 0.3 is 5.97 Å². The molecule has 0 bridgehead atoms. The Balaban J connectivity index is 1.55. The van der Waals surface area contributed by atoms with Crippen LogP contribution in [-0.2, 0) is 6.42 Å². The van der Waals surface area contributed by atoms with E-state index in [9.17, 15) is 4.79 Å². The molecule has 0 fully saturated rings. The smallest absolute Gasteiger partial charge is 0.355 e. The summed E-state index contributed by atoms with van der Waals surface area (Å²) in [5, 5.41) is 11.0. The van der Waals surface area contributed by atoms with Crippen molar-refractivity contribution in [2.24, 2.45) is 0 Å². The maximum absolute atomic E-state index is 10.7. The minimum atomic E-state index is -1.01. The van der Waals surface area contributed by atoms with Crippen LogP contribution in [0.4, 0.5) is 0 Å². The molecule has 3 rings (SSSR count). The molecular formula is C13H11NO5S. The molecule has 1 aliphatic rings. The van der Waals surface area contributed by atoms with Crippen molar-refractivity contribution in [3.63, 3.8) is 0 Å². The SMILES string of the molecule is O=C(O)c1csc(CCOc2ccc3c(c2)OCO3)n1. The van der Waals surface area contributed by atoms with Crippen molar-refractivity contribution in [1.82, 2.24) is 4.98 Å². The Hall–Kier alpha value is -2.28. The van der Waals surface area contributed by atoms with Crippen molar-refractivity contribution >= 4 is 17.3 Å². The van der Waals surface area contributed by atoms with Gasteiger partial charge in [-0.05, 0) is 12.1 Å². The molecule has 0 aliphatic carbocycles. The third-order valence-corrected chi connectivity index (χ3v) is 3.61. The molecule has 2 aromatic rings. The molecule has 1 aromatic carbocycles. The zero-order valence-corrected chi connectivity index (χ0v) is 11.2. The topological polar surface area (TPSA) is 77.9 Å². The summed E-state index contributed by atoms with van der Waals surface area (Å²) >= 11 is 1.32. The van der Waals surface area contributed by atoms with E-state index in [4.69, 9.17) is 19.3 Å². The summed E-state index contributed by atoms with van der Waals surface area (Å²) in [6, 6.07) is 5.37. The number of benzene rings is 1. The molecule has 0 atom stereocenters. The Kier molecular flexibility index (Phi) is 3.42. The fraction of sp³-hybridized carbons (Fsp3) is 0.231. The molecule has 0 saturated heterocycles. The molecule has 104 valence electrons. The quantitative estimate of drug-likeness (QED) is 0.910. The number of thiazole rings is 1. The molecule has 0 unspecified atom stereocenters. The van der Waals surface area contributed by atoms with Crippen LogP contribution >= 0.6 is 11.3 Å². The highest BCUT2D eigenvalue weighted by molar-refractivity contribution is 7.09. The van der Waals surface area contributed by atoms with Gasteiger partial charge in [-0.3, -0.25) is 0 Å². The first kappa shape index (κ1) is 12.7. The molecule has 1 aliphatic heterocycles. The Morgan fingerprint density at radius 2 is 2.25 bits per heavy atom. The number of carboxylic acid groups (broad SMARTS) is 1. The van der Waals surface area contributed by atoms with Gasteiger partial charge in [-0.2, -0.15) is 0 Å². The maximum atomic E-state index is 10.7. The number of rotatable bonds is 5. The summed E-state index contributed by atoms with van der Waals surface area (Å²) in [5.41, 5.74) is 0.0769. The number of aromatic carboxylic acids is 1. The summed E-state index contributed by atoms with van der Waals surface area (Å²) in [7, 11) is 0. The van der Waals surface area contributed by atoms with Gasteiger partial charge in [-0.25, -0.2) is 9.78 Å². The highest BCUT2D eigenvalue weighted by Crippen LogP contribution is 2.35. The molecule has 20 heavy (non-hydrogen) atoms. The van der Waals surface area contributed by atoms with Crippen LogP contribution in [0.3, 0.4) is 0 Å². The predicted molar refractivity (Wildman–Crippen MR) is 70.8 cm³/mol. The maximum Gasteiger partial charge on any atom is 0.355 e. The van der Waals surface area contributed by atoms with E-state index in [1.807, 2.05) is 0 Å². The summed E-state index contributed by atoms with van der Waals surface area (Å²) in [6.07, 6.45) is 0.562. The van der Waals surface area contributed by atoms with Gasteiger partial charge in [0.05, 0.1) is 11.6 Å². The van der Waals surface area contributed by atoms with Gasteiger partial charge in [-0.1, -0.05) is 0 Å². The Bertz CT molecular complexity index is 639. The standard InChI is InChI=1S/C13H11NO5S/c15-13(16)9-6-20-12(14-9)3-4-17-8-1-2-10-11(5-8)19-7-18-10/h1-2,5-6H,3-4,7H2,(H,15,16). The van der Waals surface area contributed by atoms with Gasteiger partial charge in [0, 0.05) is 17.9 Å². The van der Waals surface area contributed by atoms with E-state index in [1.54, 1.807) is 18.2 Å². The van der Waals surface area contributed by atoms with Crippen molar-refractivity contribution in [2.45, 2.75) is 6.42 Å². The highest BCUT2D eigenvalue weighted by atomic mass is 32.1. The highest BCUT2D eigenvalue weighted by Gasteiger charge is 2.14. The van der Waals surface area contributed by atoms with Gasteiger partial charge in [0.15, 0.2) is 17.2 Å². The van der Waals surface area contributed by atoms with Gasteiger partial charge in [0.2, 0.25) is 6.79 Å². The third-order valence-electron chi connectivity index (χ3n) is 2.70. The number of carboxylic acids is 1. The third kappa shape index (κ3) is 2.67. The van der Waals surface area contributed by atoms with Crippen LogP contribution in [0.25, 0.3) is 0 Å². The van der Waals surface area contributed by atoms with Crippen molar-refractivity contribution in [2.75, 3.05) is 13.4 Å². The number of ether oxygens (including phenoxy) is 3. The predicted octanol–water partition coefficient (Wildman–Crippen LogP) is 2.19. The number of fused-ring (bicyclic) bond motifs is 1. The summed E-state index contributed by atoms with van der Waals surface area (Å²) in [4.78, 5) is 14.7. The lowest BCUT2D eigenvalue weighted by molar-refractivity contribution is 0.0691. The number of aromatic nitrogens is 1. The Labute approximate surface area is 118 Å². The van der Waals surface area contributed by atoms with Crippen LogP contribution in [0.2, 0.25) is 0 Å². The lowest BCUT2D eigenvalue weighted by atomic mass is 10.3. The van der Waals surface area contributed by atoms with Gasteiger partial charge < -0.3 is 19.3 Å². The van der Waals surface area contributed by atoms with E-state index in [1.165, 1.54) is 16.7 Å². The monoisotopic (exact) mass is 293 g/mol. The van der Waals surface area contributed by atoms with E-state index in [-0.39, 0.29) is 12.5 Å². The van der Waals surface area contributed by atoms with E-state index < -0.39 is 5.97 Å². The van der Waals surface area contributed by atoms with Crippen molar-refractivity contribution in [1.29, 1.82) is 0 Å². The molecule has 1 N–H and O–H groups in total. The van der Waals surface area contributed by atoms with Crippen LogP contribution < -0.4 is 14.2 Å². The lowest BCUT2D eigenvalue weighted by Crippen LogP contribution is -2.02. The average Bonchev–Trinajstić information content (AvgIpc) is 3.06. The van der Waals surface area contributed by atoms with Crippen LogP contribution in [-0.4, -0.2) is 29.5 Å². The molecule has 6 nitrogen and oxygen atoms in total. The molecule has 0 saturated carbocycles. The summed E-state index contributed by atoms with van der Waals surface area (Å²) in [6.45, 7) is 0.655. The number of carbonyl (C=O) groups is 1. The first-order valence-corrected chi connectivity index (χ1v) is 6.80. The van der Waals surface area contributed by atoms with Gasteiger partial charge in [0.1, 0.15) is 5.75 Å². The Morgan fingerprint density at radius 3 is 3.05 bits per heavy atom. The van der Waals surface area contributed by atoms with Crippen LogP contribution in [0.5, 0.6) is 17.2 Å². The first-order valence-electron chi connectivity index (χ1n) is 5.92. The molecule has 7 heteroatoms. The van der Waals surface area contributed by atoms with Crippen molar-refractivity contribution in [3.8, 4) is 17.2 Å². The largest absolute Gasteiger partial charge is 0.493 e.